The largest absolute Gasteiger partial charge is 0.374 e. The van der Waals surface area contributed by atoms with Crippen molar-refractivity contribution in [3.63, 3.8) is 0 Å². The van der Waals surface area contributed by atoms with Crippen molar-refractivity contribution in [2.45, 2.75) is 19.1 Å². The summed E-state index contributed by atoms with van der Waals surface area (Å²) in [5.74, 6) is 0. The average molecular weight is 291 g/mol. The lowest BCUT2D eigenvalue weighted by Gasteiger charge is -2.29. The molecule has 3 aromatic rings. The van der Waals surface area contributed by atoms with Crippen molar-refractivity contribution in [3.8, 4) is 0 Å². The topological polar surface area (TPSA) is 14.2 Å². The van der Waals surface area contributed by atoms with Gasteiger partial charge in [-0.3, -0.25) is 0 Å². The van der Waals surface area contributed by atoms with Gasteiger partial charge in [0.05, 0.1) is 18.8 Å². The first-order chi connectivity index (χ1) is 10.7. The molecule has 0 fully saturated rings. The number of nitrogens with zero attached hydrogens (tertiary/aromatic N) is 1. The molecule has 1 aromatic heterocycles. The van der Waals surface area contributed by atoms with Gasteiger partial charge in [-0.05, 0) is 30.0 Å². The van der Waals surface area contributed by atoms with Gasteiger partial charge in [0.1, 0.15) is 0 Å². The number of ether oxygens (including phenoxy) is 1. The van der Waals surface area contributed by atoms with Crippen LogP contribution in [0.5, 0.6) is 0 Å². The maximum Gasteiger partial charge on any atom is 0.0830 e. The van der Waals surface area contributed by atoms with Crippen LogP contribution in [0.3, 0.4) is 0 Å². The zero-order chi connectivity index (χ0) is 15.4. The van der Waals surface area contributed by atoms with Crippen LogP contribution in [0.1, 0.15) is 12.5 Å². The predicted molar refractivity (Wildman–Crippen MR) is 91.9 cm³/mol. The van der Waals surface area contributed by atoms with Crippen molar-refractivity contribution in [3.05, 3.63) is 85.1 Å². The highest BCUT2D eigenvalue weighted by Gasteiger charge is 2.24. The van der Waals surface area contributed by atoms with E-state index in [1.165, 1.54) is 16.5 Å². The Kier molecular flexibility index (Phi) is 4.12. The number of benzene rings is 2. The smallest absolute Gasteiger partial charge is 0.0830 e. The second-order valence-electron chi connectivity index (χ2n) is 5.78. The summed E-state index contributed by atoms with van der Waals surface area (Å²) in [6.07, 6.45) is 4.07. The number of fused-ring (bicyclic) bond motifs is 1. The molecule has 0 aliphatic rings. The van der Waals surface area contributed by atoms with E-state index in [4.69, 9.17) is 4.74 Å². The lowest BCUT2D eigenvalue weighted by Crippen LogP contribution is -2.32. The number of para-hydroxylation sites is 1. The van der Waals surface area contributed by atoms with E-state index in [2.05, 4.69) is 66.7 Å². The lowest BCUT2D eigenvalue weighted by molar-refractivity contribution is 0.0700. The van der Waals surface area contributed by atoms with Crippen LogP contribution in [0.25, 0.3) is 10.9 Å². The van der Waals surface area contributed by atoms with Gasteiger partial charge in [-0.15, -0.1) is 6.58 Å². The van der Waals surface area contributed by atoms with Gasteiger partial charge in [-0.1, -0.05) is 54.6 Å². The summed E-state index contributed by atoms with van der Waals surface area (Å²) in [7, 11) is 0. The standard InChI is InChI=1S/C20H21NO/c1-3-20(2,16-22-15-17-9-5-4-6-10-17)21-14-13-18-11-7-8-12-19(18)21/h3-14H,1,15-16H2,2H3. The van der Waals surface area contributed by atoms with Crippen molar-refractivity contribution < 1.29 is 4.74 Å². The average Bonchev–Trinajstić information content (AvgIpc) is 3.00. The highest BCUT2D eigenvalue weighted by molar-refractivity contribution is 5.80. The van der Waals surface area contributed by atoms with Crippen LogP contribution in [-0.4, -0.2) is 11.2 Å². The van der Waals surface area contributed by atoms with Crippen LogP contribution in [0.15, 0.2) is 79.5 Å². The molecule has 0 saturated carbocycles. The van der Waals surface area contributed by atoms with Gasteiger partial charge in [-0.2, -0.15) is 0 Å². The third-order valence-corrected chi connectivity index (χ3v) is 4.10. The van der Waals surface area contributed by atoms with Crippen LogP contribution in [-0.2, 0) is 16.9 Å². The monoisotopic (exact) mass is 291 g/mol. The van der Waals surface area contributed by atoms with Gasteiger partial charge >= 0.3 is 0 Å². The number of hydrogen-bond donors (Lipinski definition) is 0. The minimum absolute atomic E-state index is 0.266. The van der Waals surface area contributed by atoms with Gasteiger partial charge in [0.15, 0.2) is 0 Å². The van der Waals surface area contributed by atoms with Crippen LogP contribution in [0.4, 0.5) is 0 Å². The molecule has 2 heteroatoms. The van der Waals surface area contributed by atoms with Gasteiger partial charge < -0.3 is 9.30 Å². The Labute approximate surface area is 131 Å². The highest BCUT2D eigenvalue weighted by Crippen LogP contribution is 2.26. The summed E-state index contributed by atoms with van der Waals surface area (Å²) in [6, 6.07) is 20.8. The molecule has 2 nitrogen and oxygen atoms in total. The van der Waals surface area contributed by atoms with Crippen LogP contribution >= 0.6 is 0 Å². The Bertz CT molecular complexity index is 759. The molecule has 0 aliphatic heterocycles. The molecule has 0 amide bonds. The van der Waals surface area contributed by atoms with Crippen LogP contribution < -0.4 is 0 Å². The zero-order valence-corrected chi connectivity index (χ0v) is 12.9. The van der Waals surface area contributed by atoms with E-state index < -0.39 is 0 Å². The van der Waals surface area contributed by atoms with Crippen molar-refractivity contribution in [1.82, 2.24) is 4.57 Å². The van der Waals surface area contributed by atoms with Gasteiger partial charge in [0.25, 0.3) is 0 Å². The van der Waals surface area contributed by atoms with Crippen LogP contribution in [0, 0.1) is 0 Å². The summed E-state index contributed by atoms with van der Waals surface area (Å²) in [4.78, 5) is 0. The first-order valence-corrected chi connectivity index (χ1v) is 7.55. The van der Waals surface area contributed by atoms with E-state index in [0.29, 0.717) is 13.2 Å². The molecule has 1 atom stereocenters. The molecule has 0 aliphatic carbocycles. The lowest BCUT2D eigenvalue weighted by atomic mass is 10.0. The highest BCUT2D eigenvalue weighted by atomic mass is 16.5. The summed E-state index contributed by atoms with van der Waals surface area (Å²) in [5, 5.41) is 1.23. The molecule has 112 valence electrons. The van der Waals surface area contributed by atoms with Crippen LogP contribution in [0.2, 0.25) is 0 Å². The van der Waals surface area contributed by atoms with E-state index in [0.717, 1.165) is 0 Å². The molecule has 3 rings (SSSR count). The minimum atomic E-state index is -0.266. The predicted octanol–water partition coefficient (Wildman–Crippen LogP) is 4.76. The quantitative estimate of drug-likeness (QED) is 0.597. The Balaban J connectivity index is 1.78. The molecule has 1 heterocycles. The normalized spacial score (nSPS) is 13.9. The molecule has 0 bridgehead atoms. The summed E-state index contributed by atoms with van der Waals surface area (Å²) < 4.78 is 8.19. The van der Waals surface area contributed by atoms with E-state index in [9.17, 15) is 0 Å². The molecule has 0 spiro atoms. The third kappa shape index (κ3) is 2.83. The fourth-order valence-electron chi connectivity index (χ4n) is 2.70. The Morgan fingerprint density at radius 3 is 2.55 bits per heavy atom. The number of aromatic nitrogens is 1. The maximum absolute atomic E-state index is 5.96. The maximum atomic E-state index is 5.96. The second-order valence-corrected chi connectivity index (χ2v) is 5.78. The first kappa shape index (κ1) is 14.6. The van der Waals surface area contributed by atoms with Crippen molar-refractivity contribution in [1.29, 1.82) is 0 Å². The second kappa shape index (κ2) is 6.20. The Morgan fingerprint density at radius 1 is 1.05 bits per heavy atom. The van der Waals surface area contributed by atoms with Gasteiger partial charge in [0.2, 0.25) is 0 Å². The fourth-order valence-corrected chi connectivity index (χ4v) is 2.70. The summed E-state index contributed by atoms with van der Waals surface area (Å²) in [6.45, 7) is 7.37. The first-order valence-electron chi connectivity index (χ1n) is 7.55. The molecular formula is C20H21NO. The van der Waals surface area contributed by atoms with E-state index >= 15 is 0 Å². The molecule has 0 saturated heterocycles. The number of hydrogen-bond acceptors (Lipinski definition) is 1. The number of rotatable bonds is 6. The molecule has 0 N–H and O–H groups in total. The van der Waals surface area contributed by atoms with E-state index in [1.807, 2.05) is 24.3 Å². The van der Waals surface area contributed by atoms with Gasteiger partial charge in [-0.25, -0.2) is 0 Å². The zero-order valence-electron chi connectivity index (χ0n) is 12.9. The molecule has 22 heavy (non-hydrogen) atoms. The molecule has 2 aromatic carbocycles. The fraction of sp³-hybridized carbons (Fsp3) is 0.200. The van der Waals surface area contributed by atoms with E-state index in [1.54, 1.807) is 0 Å². The summed E-state index contributed by atoms with van der Waals surface area (Å²) >= 11 is 0. The van der Waals surface area contributed by atoms with Crippen molar-refractivity contribution in [2.75, 3.05) is 6.61 Å². The molecular weight excluding hydrogens is 270 g/mol. The van der Waals surface area contributed by atoms with Crippen molar-refractivity contribution >= 4 is 10.9 Å². The summed E-state index contributed by atoms with van der Waals surface area (Å²) in [5.41, 5.74) is 2.12. The van der Waals surface area contributed by atoms with Gasteiger partial charge in [0, 0.05) is 11.7 Å². The Hall–Kier alpha value is -2.32. The SMILES string of the molecule is C=CC(C)(COCc1ccccc1)n1ccc2ccccc21. The minimum Gasteiger partial charge on any atom is -0.374 e. The van der Waals surface area contributed by atoms with E-state index in [-0.39, 0.29) is 5.54 Å². The third-order valence-electron chi connectivity index (χ3n) is 4.10. The molecule has 0 radical (unpaired) electrons. The van der Waals surface area contributed by atoms with Crippen molar-refractivity contribution in [2.24, 2.45) is 0 Å². The Morgan fingerprint density at radius 2 is 1.77 bits per heavy atom. The molecule has 1 unspecified atom stereocenters.